The molecule has 1 heterocycles. The van der Waals surface area contributed by atoms with Gasteiger partial charge >= 0.3 is 0 Å². The highest BCUT2D eigenvalue weighted by atomic mass is 79.9. The highest BCUT2D eigenvalue weighted by Gasteiger charge is 2.08. The third-order valence-electron chi connectivity index (χ3n) is 4.58. The number of halogens is 1. The van der Waals surface area contributed by atoms with Crippen molar-refractivity contribution in [3.8, 4) is 6.07 Å². The second kappa shape index (κ2) is 9.90. The second-order valence-electron chi connectivity index (χ2n) is 6.76. The molecule has 0 aliphatic carbocycles. The van der Waals surface area contributed by atoms with Crippen LogP contribution in [0.2, 0.25) is 0 Å². The van der Waals surface area contributed by atoms with Crippen molar-refractivity contribution in [3.63, 3.8) is 0 Å². The zero-order valence-corrected chi connectivity index (χ0v) is 18.1. The molecule has 3 rings (SSSR count). The number of amides is 2. The number of fused-ring (bicyclic) bond motifs is 1. The fraction of sp³-hybridized carbons (Fsp3) is 0.174. The summed E-state index contributed by atoms with van der Waals surface area (Å²) in [6, 6.07) is 15.5. The largest absolute Gasteiger partial charge is 0.346 e. The summed E-state index contributed by atoms with van der Waals surface area (Å²) in [6.45, 7) is 2.37. The van der Waals surface area contributed by atoms with Gasteiger partial charge in [0.05, 0.1) is 19.0 Å². The molecule has 2 aromatic carbocycles. The summed E-state index contributed by atoms with van der Waals surface area (Å²) in [7, 11) is 0. The van der Waals surface area contributed by atoms with Crippen LogP contribution >= 0.6 is 15.9 Å². The molecule has 2 amide bonds. The van der Waals surface area contributed by atoms with E-state index in [-0.39, 0.29) is 18.4 Å². The van der Waals surface area contributed by atoms with Crippen LogP contribution in [0, 0.1) is 18.3 Å². The molecule has 3 aromatic rings. The van der Waals surface area contributed by atoms with Gasteiger partial charge in [0.2, 0.25) is 11.8 Å². The van der Waals surface area contributed by atoms with E-state index in [1.807, 2.05) is 54.1 Å². The first-order valence-corrected chi connectivity index (χ1v) is 10.2. The number of para-hydroxylation sites is 1. The predicted octanol–water partition coefficient (Wildman–Crippen LogP) is 4.39. The maximum Gasteiger partial charge on any atom is 0.244 e. The van der Waals surface area contributed by atoms with Crippen molar-refractivity contribution in [2.45, 2.75) is 19.9 Å². The minimum atomic E-state index is -0.355. The van der Waals surface area contributed by atoms with Crippen molar-refractivity contribution < 1.29 is 9.59 Å². The number of nitrogens with one attached hydrogen (secondary N) is 2. The molecule has 1 aromatic heterocycles. The number of aromatic nitrogens is 1. The third kappa shape index (κ3) is 5.37. The van der Waals surface area contributed by atoms with Crippen LogP contribution < -0.4 is 10.6 Å². The molecule has 0 saturated heterocycles. The first kappa shape index (κ1) is 21.3. The Hall–Kier alpha value is -3.37. The van der Waals surface area contributed by atoms with Gasteiger partial charge in [-0.1, -0.05) is 34.1 Å². The van der Waals surface area contributed by atoms with Crippen LogP contribution in [-0.2, 0) is 16.1 Å². The van der Waals surface area contributed by atoms with E-state index >= 15 is 0 Å². The number of hydrogen-bond acceptors (Lipinski definition) is 3. The molecule has 0 bridgehead atoms. The Kier molecular flexibility index (Phi) is 7.04. The summed E-state index contributed by atoms with van der Waals surface area (Å²) in [4.78, 5) is 24.3. The highest BCUT2D eigenvalue weighted by molar-refractivity contribution is 9.10. The van der Waals surface area contributed by atoms with Gasteiger partial charge in [0.1, 0.15) is 0 Å². The Morgan fingerprint density at radius 1 is 1.23 bits per heavy atom. The molecule has 6 nitrogen and oxygen atoms in total. The van der Waals surface area contributed by atoms with Gasteiger partial charge in [-0.2, -0.15) is 5.26 Å². The van der Waals surface area contributed by atoms with Gasteiger partial charge in [-0.25, -0.2) is 0 Å². The molecule has 0 spiro atoms. The molecule has 0 atom stereocenters. The number of nitriles is 1. The average molecular weight is 465 g/mol. The lowest BCUT2D eigenvalue weighted by molar-refractivity contribution is -0.121. The highest BCUT2D eigenvalue weighted by Crippen LogP contribution is 2.23. The van der Waals surface area contributed by atoms with E-state index in [1.165, 1.54) is 6.08 Å². The Morgan fingerprint density at radius 3 is 2.80 bits per heavy atom. The van der Waals surface area contributed by atoms with Crippen molar-refractivity contribution in [2.24, 2.45) is 0 Å². The monoisotopic (exact) mass is 464 g/mol. The van der Waals surface area contributed by atoms with Crippen LogP contribution in [0.4, 0.5) is 5.69 Å². The standard InChI is InChI=1S/C23H21BrN4O2/c1-16-13-18(24)8-9-20(16)27-23(30)14-26-22(29)10-7-17-15-28(12-4-11-25)21-6-3-2-5-19(17)21/h2-3,5-10,13,15H,4,12,14H2,1H3,(H,26,29)(H,27,30)/b10-7+. The number of hydrogen-bond donors (Lipinski definition) is 2. The fourth-order valence-electron chi connectivity index (χ4n) is 3.12. The lowest BCUT2D eigenvalue weighted by Crippen LogP contribution is -2.31. The van der Waals surface area contributed by atoms with Gasteiger partial charge in [0, 0.05) is 45.4 Å². The molecular weight excluding hydrogens is 444 g/mol. The van der Waals surface area contributed by atoms with E-state index in [1.54, 1.807) is 12.1 Å². The van der Waals surface area contributed by atoms with E-state index in [0.717, 1.165) is 26.5 Å². The Bertz CT molecular complexity index is 1160. The molecular formula is C23H21BrN4O2. The van der Waals surface area contributed by atoms with E-state index in [4.69, 9.17) is 5.26 Å². The SMILES string of the molecule is Cc1cc(Br)ccc1NC(=O)CNC(=O)/C=C/c1cn(CCC#N)c2ccccc12. The van der Waals surface area contributed by atoms with Crippen LogP contribution in [0.25, 0.3) is 17.0 Å². The number of benzene rings is 2. The van der Waals surface area contributed by atoms with Crippen LogP contribution in [0.15, 0.2) is 59.2 Å². The van der Waals surface area contributed by atoms with Crippen molar-refractivity contribution >= 4 is 50.4 Å². The topological polar surface area (TPSA) is 86.9 Å². The van der Waals surface area contributed by atoms with Crippen LogP contribution in [0.5, 0.6) is 0 Å². The van der Waals surface area contributed by atoms with Crippen molar-refractivity contribution in [3.05, 3.63) is 70.3 Å². The van der Waals surface area contributed by atoms with Crippen LogP contribution in [0.1, 0.15) is 17.5 Å². The van der Waals surface area contributed by atoms with Gasteiger partial charge in [-0.3, -0.25) is 9.59 Å². The predicted molar refractivity (Wildman–Crippen MR) is 122 cm³/mol. The zero-order valence-electron chi connectivity index (χ0n) is 16.5. The number of carbonyl (C=O) groups is 2. The quantitative estimate of drug-likeness (QED) is 0.508. The number of nitrogens with zero attached hydrogens (tertiary/aromatic N) is 2. The maximum atomic E-state index is 12.2. The molecule has 2 N–H and O–H groups in total. The number of carbonyl (C=O) groups excluding carboxylic acids is 2. The first-order chi connectivity index (χ1) is 14.5. The Morgan fingerprint density at radius 2 is 2.03 bits per heavy atom. The summed E-state index contributed by atoms with van der Waals surface area (Å²) < 4.78 is 2.94. The van der Waals surface area contributed by atoms with E-state index in [2.05, 4.69) is 32.6 Å². The molecule has 0 aliphatic heterocycles. The minimum Gasteiger partial charge on any atom is -0.346 e. The summed E-state index contributed by atoms with van der Waals surface area (Å²) in [5, 5.41) is 15.2. The third-order valence-corrected chi connectivity index (χ3v) is 5.08. The van der Waals surface area contributed by atoms with Crippen LogP contribution in [-0.4, -0.2) is 22.9 Å². The fourth-order valence-corrected chi connectivity index (χ4v) is 3.59. The van der Waals surface area contributed by atoms with E-state index in [0.29, 0.717) is 18.7 Å². The van der Waals surface area contributed by atoms with Crippen molar-refractivity contribution in [1.29, 1.82) is 5.26 Å². The average Bonchev–Trinajstić information content (AvgIpc) is 3.09. The molecule has 30 heavy (non-hydrogen) atoms. The molecule has 0 aliphatic rings. The minimum absolute atomic E-state index is 0.122. The molecule has 0 fully saturated rings. The smallest absolute Gasteiger partial charge is 0.244 e. The van der Waals surface area contributed by atoms with E-state index in [9.17, 15) is 9.59 Å². The molecule has 7 heteroatoms. The Balaban J connectivity index is 1.61. The zero-order chi connectivity index (χ0) is 21.5. The Labute approximate surface area is 183 Å². The van der Waals surface area contributed by atoms with Gasteiger partial charge in [-0.15, -0.1) is 0 Å². The molecule has 0 saturated carbocycles. The molecule has 0 unspecified atom stereocenters. The van der Waals surface area contributed by atoms with Gasteiger partial charge < -0.3 is 15.2 Å². The lowest BCUT2D eigenvalue weighted by Gasteiger charge is -2.09. The molecule has 0 radical (unpaired) electrons. The number of rotatable bonds is 7. The summed E-state index contributed by atoms with van der Waals surface area (Å²) in [6.07, 6.45) is 5.47. The van der Waals surface area contributed by atoms with Gasteiger partial charge in [0.25, 0.3) is 0 Å². The van der Waals surface area contributed by atoms with Crippen molar-refractivity contribution in [1.82, 2.24) is 9.88 Å². The van der Waals surface area contributed by atoms with Gasteiger partial charge in [0.15, 0.2) is 0 Å². The normalized spacial score (nSPS) is 10.8. The first-order valence-electron chi connectivity index (χ1n) is 9.44. The summed E-state index contributed by atoms with van der Waals surface area (Å²) >= 11 is 3.38. The maximum absolute atomic E-state index is 12.2. The van der Waals surface area contributed by atoms with Gasteiger partial charge in [-0.05, 0) is 42.8 Å². The molecule has 152 valence electrons. The van der Waals surface area contributed by atoms with Crippen LogP contribution in [0.3, 0.4) is 0 Å². The number of anilines is 1. The summed E-state index contributed by atoms with van der Waals surface area (Å²) in [5.74, 6) is -0.651. The van der Waals surface area contributed by atoms with E-state index < -0.39 is 0 Å². The lowest BCUT2D eigenvalue weighted by atomic mass is 10.1. The second-order valence-corrected chi connectivity index (χ2v) is 7.68. The van der Waals surface area contributed by atoms with Crippen molar-refractivity contribution in [2.75, 3.05) is 11.9 Å². The number of aryl methyl sites for hydroxylation is 2. The summed E-state index contributed by atoms with van der Waals surface area (Å²) in [5.41, 5.74) is 3.53.